The number of β-amino-alcohol motifs (C(OH)–C–C–N with tert-alkyl or cyclic N) is 1. The van der Waals surface area contributed by atoms with Gasteiger partial charge in [-0.05, 0) is 92.2 Å². The maximum absolute atomic E-state index is 16.0. The zero-order chi connectivity index (χ0) is 52.0. The number of nitrogens with zero attached hydrogens (tertiary/aromatic N) is 3. The lowest BCUT2D eigenvalue weighted by Crippen LogP contribution is -2.57. The summed E-state index contributed by atoms with van der Waals surface area (Å²) in [5.74, 6) is -4.26. The first kappa shape index (κ1) is 53.5. The molecule has 4 aromatic rings. The van der Waals surface area contributed by atoms with Crippen LogP contribution in [0.3, 0.4) is 0 Å². The average Bonchev–Trinajstić information content (AvgIpc) is 4.05. The molecule has 0 radical (unpaired) electrons. The molecule has 0 aliphatic carbocycles. The molecule has 3 aliphatic rings. The molecule has 7 rings (SSSR count). The van der Waals surface area contributed by atoms with Gasteiger partial charge in [0.05, 0.1) is 45.6 Å². The average molecular weight is 1010 g/mol. The Labute approximate surface area is 423 Å². The Morgan fingerprint density at radius 2 is 1.65 bits per heavy atom. The van der Waals surface area contributed by atoms with Crippen molar-refractivity contribution in [2.45, 2.75) is 148 Å². The highest BCUT2D eigenvalue weighted by Gasteiger charge is 2.45. The number of carbonyl (C=O) groups is 6. The number of aliphatic hydroxyl groups excluding tert-OH is 1. The highest BCUT2D eigenvalue weighted by molar-refractivity contribution is 7.13. The van der Waals surface area contributed by atoms with E-state index in [1.165, 1.54) is 15.9 Å². The van der Waals surface area contributed by atoms with Crippen LogP contribution in [-0.4, -0.2) is 99.8 Å². The van der Waals surface area contributed by atoms with E-state index in [2.05, 4.69) is 26.3 Å². The summed E-state index contributed by atoms with van der Waals surface area (Å²) in [5.41, 5.74) is 17.9. The summed E-state index contributed by atoms with van der Waals surface area (Å²) < 4.78 is 31.1. The van der Waals surface area contributed by atoms with Crippen molar-refractivity contribution in [2.24, 2.45) is 16.9 Å². The van der Waals surface area contributed by atoms with E-state index in [0.29, 0.717) is 37.8 Å². The molecule has 9 N–H and O–H groups in total. The van der Waals surface area contributed by atoms with Crippen LogP contribution in [0.25, 0.3) is 10.4 Å². The molecule has 1 aromatic heterocycles. The highest BCUT2D eigenvalue weighted by Crippen LogP contribution is 2.39. The lowest BCUT2D eigenvalue weighted by molar-refractivity contribution is -0.144. The Kier molecular flexibility index (Phi) is 17.1. The van der Waals surface area contributed by atoms with Gasteiger partial charge in [-0.15, -0.1) is 11.3 Å². The van der Waals surface area contributed by atoms with Crippen LogP contribution in [-0.2, 0) is 48.0 Å². The summed E-state index contributed by atoms with van der Waals surface area (Å²) in [5, 5.41) is 22.4. The normalized spacial score (nSPS) is 19.8. The third kappa shape index (κ3) is 12.5. The second-order valence-corrected chi connectivity index (χ2v) is 21.3. The molecule has 19 heteroatoms. The van der Waals surface area contributed by atoms with Crippen LogP contribution in [0.2, 0.25) is 0 Å². The predicted octanol–water partition coefficient (Wildman–Crippen LogP) is 5.26. The number of aliphatic hydroxyl groups is 1. The number of aromatic nitrogens is 1. The maximum atomic E-state index is 16.0. The fourth-order valence-electron chi connectivity index (χ4n) is 9.91. The molecule has 72 heavy (non-hydrogen) atoms. The molecule has 3 aromatic carbocycles. The lowest BCUT2D eigenvalue weighted by Gasteiger charge is -2.35. The fourth-order valence-corrected chi connectivity index (χ4v) is 10.7. The number of para-hydroxylation sites is 1. The van der Waals surface area contributed by atoms with Gasteiger partial charge in [-0.1, -0.05) is 69.7 Å². The van der Waals surface area contributed by atoms with Gasteiger partial charge in [0, 0.05) is 50.4 Å². The predicted molar refractivity (Wildman–Crippen MR) is 271 cm³/mol. The smallest absolute Gasteiger partial charge is 0.246 e. The van der Waals surface area contributed by atoms with Gasteiger partial charge < -0.3 is 42.7 Å². The number of nitrogens with two attached hydrogens (primary N) is 2. The van der Waals surface area contributed by atoms with Crippen LogP contribution in [0.15, 0.2) is 60.1 Å². The van der Waals surface area contributed by atoms with E-state index < -0.39 is 88.9 Å². The number of likely N-dealkylation sites (tertiary alicyclic amines) is 1. The van der Waals surface area contributed by atoms with Crippen LogP contribution < -0.4 is 37.6 Å². The molecule has 1 saturated heterocycles. The molecule has 0 saturated carbocycles. The number of halogens is 2. The van der Waals surface area contributed by atoms with Crippen molar-refractivity contribution in [3.8, 4) is 10.4 Å². The number of benzene rings is 3. The molecule has 6 amide bonds. The van der Waals surface area contributed by atoms with Gasteiger partial charge in [0.25, 0.3) is 0 Å². The molecule has 4 heterocycles. The van der Waals surface area contributed by atoms with Crippen LogP contribution in [0.5, 0.6) is 0 Å². The fraction of sp³-hybridized carbons (Fsp3) is 0.491. The Morgan fingerprint density at radius 1 is 0.931 bits per heavy atom. The second-order valence-electron chi connectivity index (χ2n) is 20.4. The van der Waals surface area contributed by atoms with Gasteiger partial charge in [-0.2, -0.15) is 0 Å². The van der Waals surface area contributed by atoms with Crippen molar-refractivity contribution in [2.75, 3.05) is 23.3 Å². The monoisotopic (exact) mass is 1010 g/mol. The Morgan fingerprint density at radius 3 is 2.35 bits per heavy atom. The summed E-state index contributed by atoms with van der Waals surface area (Å²) in [6.07, 6.45) is 1.66. The topological polar surface area (TPSA) is 242 Å². The second kappa shape index (κ2) is 23.1. The van der Waals surface area contributed by atoms with Gasteiger partial charge in [0.2, 0.25) is 35.4 Å². The summed E-state index contributed by atoms with van der Waals surface area (Å²) in [6.45, 7) is 9.11. The molecule has 3 aliphatic heterocycles. The lowest BCUT2D eigenvalue weighted by atomic mass is 9.85. The number of anilines is 2. The molecular formula is C53H67F2N9O7S. The molecular weight excluding hydrogens is 945 g/mol. The Hall–Kier alpha value is -6.31. The van der Waals surface area contributed by atoms with E-state index in [1.54, 1.807) is 37.6 Å². The van der Waals surface area contributed by atoms with E-state index in [4.69, 9.17) is 11.5 Å². The van der Waals surface area contributed by atoms with Crippen LogP contribution in [0, 0.1) is 24.0 Å². The van der Waals surface area contributed by atoms with Crippen molar-refractivity contribution in [1.82, 2.24) is 25.8 Å². The molecule has 0 bridgehead atoms. The molecule has 7 atom stereocenters. The zero-order valence-corrected chi connectivity index (χ0v) is 42.4. The SMILES string of the molecule is Cc1ncsc1-c1ccc([C@H](C)NC(=O)[C@@H]2C[C@@H](O)CN2C(=O)[C@@H](NC(=O)CCCCCc2c(F)ccc(NC[C@H](CCC(N)=O)NC(=O)[C@@H]3Cc4cccc5c4N3C(=O)[C@@H](N)CC5)c2F)C(C)(C)C)cc1. The third-order valence-electron chi connectivity index (χ3n) is 14.0. The van der Waals surface area contributed by atoms with E-state index >= 15 is 8.78 Å². The van der Waals surface area contributed by atoms with Crippen molar-refractivity contribution in [1.29, 1.82) is 0 Å². The molecule has 386 valence electrons. The standard InChI is InChI=1S/C53H67F2N9O7S/c1-29(31-14-16-33(17-15-31)47-30(2)59-28-72-47)60-49(68)41-25-36(65)27-63(41)52(71)48(53(3,4)5)62-44(67)13-8-6-7-12-37-38(54)20-22-40(45(37)55)58-26-35(19-23-43(57)66)61-50(69)42-24-34-11-9-10-32-18-21-39(56)51(70)64(42)46(32)34/h9-11,14-17,20,22,28-29,35-36,39,41-42,48,58,65H,6-8,12-13,18-19,21,23-27,56H2,1-5H3,(H2,57,66)(H,60,68)(H,61,69)(H,62,67)/t29-,35-,36+,39-,41-,42-,48+/m0/s1. The minimum absolute atomic E-state index is 0.0127. The zero-order valence-electron chi connectivity index (χ0n) is 41.6. The quantitative estimate of drug-likeness (QED) is 0.0567. The number of amides is 6. The number of rotatable bonds is 20. The number of hydrogen-bond acceptors (Lipinski definition) is 11. The number of nitrogens with one attached hydrogen (secondary N) is 4. The first-order valence-corrected chi connectivity index (χ1v) is 25.7. The van der Waals surface area contributed by atoms with Crippen LogP contribution >= 0.6 is 11.3 Å². The maximum Gasteiger partial charge on any atom is 0.246 e. The van der Waals surface area contributed by atoms with Gasteiger partial charge >= 0.3 is 0 Å². The molecule has 0 spiro atoms. The van der Waals surface area contributed by atoms with Gasteiger partial charge in [0.15, 0.2) is 5.82 Å². The number of carbonyl (C=O) groups excluding carboxylic acids is 6. The van der Waals surface area contributed by atoms with E-state index in [-0.39, 0.29) is 68.8 Å². The summed E-state index contributed by atoms with van der Waals surface area (Å²) >= 11 is 1.55. The highest BCUT2D eigenvalue weighted by atomic mass is 32.1. The van der Waals surface area contributed by atoms with Crippen LogP contribution in [0.4, 0.5) is 20.2 Å². The van der Waals surface area contributed by atoms with Crippen LogP contribution in [0.1, 0.15) is 113 Å². The summed E-state index contributed by atoms with van der Waals surface area (Å²) in [4.78, 5) is 88.6. The van der Waals surface area contributed by atoms with E-state index in [9.17, 15) is 33.9 Å². The van der Waals surface area contributed by atoms with Crippen molar-refractivity contribution in [3.63, 3.8) is 0 Å². The van der Waals surface area contributed by atoms with E-state index in [0.717, 1.165) is 38.9 Å². The minimum atomic E-state index is -1.02. The molecule has 0 unspecified atom stereocenters. The van der Waals surface area contributed by atoms with Gasteiger partial charge in [0.1, 0.15) is 23.9 Å². The minimum Gasteiger partial charge on any atom is -0.391 e. The van der Waals surface area contributed by atoms with E-state index in [1.807, 2.05) is 56.3 Å². The number of aryl methyl sites for hydroxylation is 2. The van der Waals surface area contributed by atoms with Crippen molar-refractivity contribution in [3.05, 3.63) is 99.7 Å². The first-order chi connectivity index (χ1) is 34.2. The number of unbranched alkanes of at least 4 members (excludes halogenated alkanes) is 2. The van der Waals surface area contributed by atoms with Crippen molar-refractivity contribution < 1.29 is 42.7 Å². The number of hydrogen-bond donors (Lipinski definition) is 7. The Bertz CT molecular complexity index is 2660. The number of primary amides is 1. The summed E-state index contributed by atoms with van der Waals surface area (Å²) in [6, 6.07) is 11.2. The van der Waals surface area contributed by atoms with Gasteiger partial charge in [-0.25, -0.2) is 13.8 Å². The van der Waals surface area contributed by atoms with Gasteiger partial charge in [-0.3, -0.25) is 33.7 Å². The number of thiazole rings is 1. The Balaban J connectivity index is 0.902. The largest absolute Gasteiger partial charge is 0.391 e. The summed E-state index contributed by atoms with van der Waals surface area (Å²) in [7, 11) is 0. The molecule has 16 nitrogen and oxygen atoms in total. The van der Waals surface area contributed by atoms with Crippen molar-refractivity contribution >= 4 is 58.2 Å². The molecule has 1 fully saturated rings. The first-order valence-electron chi connectivity index (χ1n) is 24.8. The third-order valence-corrected chi connectivity index (χ3v) is 14.9.